The van der Waals surface area contributed by atoms with Crippen LogP contribution < -0.4 is 4.74 Å². The average molecular weight is 342 g/mol. The van der Waals surface area contributed by atoms with Crippen molar-refractivity contribution in [3.63, 3.8) is 0 Å². The summed E-state index contributed by atoms with van der Waals surface area (Å²) in [5, 5.41) is 29.3. The Bertz CT molecular complexity index is 794. The lowest BCUT2D eigenvalue weighted by Gasteiger charge is -2.39. The summed E-state index contributed by atoms with van der Waals surface area (Å²) in [6, 6.07) is 9.12. The van der Waals surface area contributed by atoms with Crippen LogP contribution in [0.4, 0.5) is 0 Å². The standard InChI is InChI=1S/C20H22O5/c1-12(2)7-8-20(13-3-5-14(21)6-4-13)11-17(24)19-16(23)9-15(22)10-18(19)25-20/h3-6,9-10,12,21-23H,7-8,11H2,1-2H3. The van der Waals surface area contributed by atoms with Crippen molar-refractivity contribution < 1.29 is 24.9 Å². The molecule has 0 aromatic heterocycles. The maximum atomic E-state index is 12.7. The number of phenolic OH excluding ortho intramolecular Hbond substituents is 3. The molecule has 0 bridgehead atoms. The molecule has 2 aromatic carbocycles. The van der Waals surface area contributed by atoms with Crippen molar-refractivity contribution in [2.75, 3.05) is 0 Å². The van der Waals surface area contributed by atoms with Gasteiger partial charge in [0, 0.05) is 12.1 Å². The van der Waals surface area contributed by atoms with E-state index >= 15 is 0 Å². The molecule has 132 valence electrons. The minimum absolute atomic E-state index is 0.0931. The highest BCUT2D eigenvalue weighted by molar-refractivity contribution is 6.03. The fourth-order valence-electron chi connectivity index (χ4n) is 3.27. The number of hydrogen-bond donors (Lipinski definition) is 3. The van der Waals surface area contributed by atoms with Gasteiger partial charge in [0.25, 0.3) is 0 Å². The zero-order chi connectivity index (χ0) is 18.2. The molecule has 1 atom stereocenters. The van der Waals surface area contributed by atoms with Crippen molar-refractivity contribution in [2.45, 2.75) is 38.7 Å². The van der Waals surface area contributed by atoms with Gasteiger partial charge < -0.3 is 20.1 Å². The number of ether oxygens (including phenoxy) is 1. The summed E-state index contributed by atoms with van der Waals surface area (Å²) < 4.78 is 6.21. The Hall–Kier alpha value is -2.69. The Labute approximate surface area is 146 Å². The molecule has 2 aromatic rings. The molecule has 3 rings (SSSR count). The maximum absolute atomic E-state index is 12.7. The molecule has 0 saturated carbocycles. The van der Waals surface area contributed by atoms with E-state index in [0.717, 1.165) is 18.1 Å². The van der Waals surface area contributed by atoms with E-state index in [9.17, 15) is 20.1 Å². The van der Waals surface area contributed by atoms with E-state index in [0.29, 0.717) is 12.3 Å². The summed E-state index contributed by atoms with van der Waals surface area (Å²) in [5.74, 6) is 0.0889. The topological polar surface area (TPSA) is 87.0 Å². The van der Waals surface area contributed by atoms with Crippen LogP contribution >= 0.6 is 0 Å². The number of rotatable bonds is 4. The van der Waals surface area contributed by atoms with Crippen LogP contribution in [0.1, 0.15) is 49.0 Å². The van der Waals surface area contributed by atoms with Crippen LogP contribution in [0.25, 0.3) is 0 Å². The van der Waals surface area contributed by atoms with E-state index in [1.54, 1.807) is 24.3 Å². The summed E-state index contributed by atoms with van der Waals surface area (Å²) in [5.41, 5.74) is 0.00647. The van der Waals surface area contributed by atoms with Gasteiger partial charge in [0.1, 0.15) is 34.2 Å². The van der Waals surface area contributed by atoms with Gasteiger partial charge in [0.05, 0.1) is 6.42 Å². The number of hydrogen-bond acceptors (Lipinski definition) is 5. The average Bonchev–Trinajstić information content (AvgIpc) is 2.52. The molecule has 0 aliphatic carbocycles. The minimum Gasteiger partial charge on any atom is -0.508 e. The summed E-state index contributed by atoms with van der Waals surface area (Å²) >= 11 is 0. The summed E-state index contributed by atoms with van der Waals surface area (Å²) in [6.07, 6.45) is 1.54. The first kappa shape index (κ1) is 17.1. The molecular formula is C20H22O5. The normalized spacial score (nSPS) is 19.6. The molecule has 25 heavy (non-hydrogen) atoms. The van der Waals surface area contributed by atoms with Crippen molar-refractivity contribution in [3.8, 4) is 23.0 Å². The van der Waals surface area contributed by atoms with E-state index in [-0.39, 0.29) is 40.8 Å². The highest BCUT2D eigenvalue weighted by Gasteiger charge is 2.43. The monoisotopic (exact) mass is 342 g/mol. The molecule has 1 aliphatic heterocycles. The van der Waals surface area contributed by atoms with Crippen LogP contribution in [0.5, 0.6) is 23.0 Å². The molecule has 0 saturated heterocycles. The molecule has 3 N–H and O–H groups in total. The van der Waals surface area contributed by atoms with Gasteiger partial charge in [0.2, 0.25) is 0 Å². The summed E-state index contributed by atoms with van der Waals surface area (Å²) in [4.78, 5) is 12.7. The lowest BCUT2D eigenvalue weighted by atomic mass is 9.79. The zero-order valence-corrected chi connectivity index (χ0v) is 14.3. The van der Waals surface area contributed by atoms with Crippen molar-refractivity contribution in [3.05, 3.63) is 47.5 Å². The van der Waals surface area contributed by atoms with Gasteiger partial charge >= 0.3 is 0 Å². The smallest absolute Gasteiger partial charge is 0.174 e. The third-order valence-corrected chi connectivity index (χ3v) is 4.62. The molecule has 1 unspecified atom stereocenters. The van der Waals surface area contributed by atoms with Gasteiger partial charge in [-0.25, -0.2) is 0 Å². The van der Waals surface area contributed by atoms with Crippen LogP contribution in [0.3, 0.4) is 0 Å². The molecule has 1 heterocycles. The van der Waals surface area contributed by atoms with E-state index in [2.05, 4.69) is 13.8 Å². The Morgan fingerprint density at radius 3 is 2.40 bits per heavy atom. The largest absolute Gasteiger partial charge is 0.508 e. The Morgan fingerprint density at radius 1 is 1.08 bits per heavy atom. The third-order valence-electron chi connectivity index (χ3n) is 4.62. The second-order valence-corrected chi connectivity index (χ2v) is 7.01. The fraction of sp³-hybridized carbons (Fsp3) is 0.350. The number of carbonyl (C=O) groups excluding carboxylic acids is 1. The van der Waals surface area contributed by atoms with E-state index in [4.69, 9.17) is 4.74 Å². The first-order valence-corrected chi connectivity index (χ1v) is 8.38. The van der Waals surface area contributed by atoms with Gasteiger partial charge in [-0.3, -0.25) is 4.79 Å². The van der Waals surface area contributed by atoms with Crippen LogP contribution in [0.15, 0.2) is 36.4 Å². The van der Waals surface area contributed by atoms with Crippen molar-refractivity contribution >= 4 is 5.78 Å². The number of Topliss-reactive ketones (excluding diaryl/α,β-unsaturated/α-hetero) is 1. The third kappa shape index (κ3) is 3.27. The Morgan fingerprint density at radius 2 is 1.76 bits per heavy atom. The predicted molar refractivity (Wildman–Crippen MR) is 93.2 cm³/mol. The molecule has 0 spiro atoms. The molecule has 0 amide bonds. The number of phenols is 3. The second kappa shape index (κ2) is 6.31. The molecule has 0 radical (unpaired) electrons. The Kier molecular flexibility index (Phi) is 4.33. The molecular weight excluding hydrogens is 320 g/mol. The minimum atomic E-state index is -0.887. The summed E-state index contributed by atoms with van der Waals surface area (Å²) in [7, 11) is 0. The Balaban J connectivity index is 2.09. The highest BCUT2D eigenvalue weighted by Crippen LogP contribution is 2.47. The number of fused-ring (bicyclic) bond motifs is 1. The number of carbonyl (C=O) groups is 1. The van der Waals surface area contributed by atoms with Crippen LogP contribution in [-0.2, 0) is 5.60 Å². The SMILES string of the molecule is CC(C)CCC1(c2ccc(O)cc2)CC(=O)c2c(O)cc(O)cc2O1. The second-order valence-electron chi connectivity index (χ2n) is 7.01. The predicted octanol–water partition coefficient (Wildman–Crippen LogP) is 4.10. The van der Waals surface area contributed by atoms with Gasteiger partial charge in [-0.1, -0.05) is 26.0 Å². The van der Waals surface area contributed by atoms with Crippen molar-refractivity contribution in [1.29, 1.82) is 0 Å². The molecule has 5 heteroatoms. The number of benzene rings is 2. The quantitative estimate of drug-likeness (QED) is 0.779. The molecule has 1 aliphatic rings. The first-order chi connectivity index (χ1) is 11.8. The highest BCUT2D eigenvalue weighted by atomic mass is 16.5. The zero-order valence-electron chi connectivity index (χ0n) is 14.3. The van der Waals surface area contributed by atoms with Crippen molar-refractivity contribution in [1.82, 2.24) is 0 Å². The number of aromatic hydroxyl groups is 3. The summed E-state index contributed by atoms with van der Waals surface area (Å²) in [6.45, 7) is 4.20. The van der Waals surface area contributed by atoms with Crippen LogP contribution in [-0.4, -0.2) is 21.1 Å². The van der Waals surface area contributed by atoms with Crippen LogP contribution in [0.2, 0.25) is 0 Å². The lowest BCUT2D eigenvalue weighted by molar-refractivity contribution is 0.0270. The van der Waals surface area contributed by atoms with E-state index < -0.39 is 5.60 Å². The van der Waals surface area contributed by atoms with E-state index in [1.165, 1.54) is 6.07 Å². The van der Waals surface area contributed by atoms with Crippen molar-refractivity contribution in [2.24, 2.45) is 5.92 Å². The fourth-order valence-corrected chi connectivity index (χ4v) is 3.27. The van der Waals surface area contributed by atoms with Crippen LogP contribution in [0, 0.1) is 5.92 Å². The maximum Gasteiger partial charge on any atom is 0.174 e. The van der Waals surface area contributed by atoms with Gasteiger partial charge in [0.15, 0.2) is 5.78 Å². The lowest BCUT2D eigenvalue weighted by Crippen LogP contribution is -2.39. The number of ketones is 1. The molecule has 5 nitrogen and oxygen atoms in total. The first-order valence-electron chi connectivity index (χ1n) is 8.38. The van der Waals surface area contributed by atoms with Gasteiger partial charge in [-0.15, -0.1) is 0 Å². The van der Waals surface area contributed by atoms with E-state index in [1.807, 2.05) is 0 Å². The van der Waals surface area contributed by atoms with Gasteiger partial charge in [-0.05, 0) is 36.5 Å². The van der Waals surface area contributed by atoms with Gasteiger partial charge in [-0.2, -0.15) is 0 Å². The molecule has 0 fully saturated rings.